The van der Waals surface area contributed by atoms with Crippen molar-refractivity contribution < 1.29 is 27.3 Å². The summed E-state index contributed by atoms with van der Waals surface area (Å²) in [6.45, 7) is 4.49. The number of hydrogen-bond donors (Lipinski definition) is 1. The summed E-state index contributed by atoms with van der Waals surface area (Å²) < 4.78 is 45.2. The highest BCUT2D eigenvalue weighted by Crippen LogP contribution is 2.45. The number of benzene rings is 1. The van der Waals surface area contributed by atoms with E-state index in [9.17, 15) is 22.8 Å². The van der Waals surface area contributed by atoms with Gasteiger partial charge < -0.3 is 20.1 Å². The predicted molar refractivity (Wildman–Crippen MR) is 115 cm³/mol. The highest BCUT2D eigenvalue weighted by Gasteiger charge is 2.50. The first-order valence-electron chi connectivity index (χ1n) is 10.9. The molecule has 1 unspecified atom stereocenters. The van der Waals surface area contributed by atoms with Crippen molar-refractivity contribution in [2.45, 2.75) is 45.3 Å². The Bertz CT molecular complexity index is 1160. The lowest BCUT2D eigenvalue weighted by Gasteiger charge is -2.40. The quantitative estimate of drug-likeness (QED) is 0.729. The molecule has 1 aromatic heterocycles. The fourth-order valence-electron chi connectivity index (χ4n) is 5.12. The van der Waals surface area contributed by atoms with Crippen molar-refractivity contribution in [1.29, 1.82) is 5.26 Å². The van der Waals surface area contributed by atoms with Crippen LogP contribution in [0, 0.1) is 30.6 Å². The Kier molecular flexibility index (Phi) is 5.79. The largest absolute Gasteiger partial charge is 0.417 e. The number of carbonyl (C=O) groups is 2. The van der Waals surface area contributed by atoms with E-state index in [1.165, 1.54) is 17.0 Å². The van der Waals surface area contributed by atoms with Crippen LogP contribution in [0.25, 0.3) is 0 Å². The van der Waals surface area contributed by atoms with Gasteiger partial charge in [0.1, 0.15) is 17.4 Å². The van der Waals surface area contributed by atoms with Gasteiger partial charge in [0, 0.05) is 25.3 Å². The van der Waals surface area contributed by atoms with Crippen molar-refractivity contribution in [3.05, 3.63) is 46.3 Å². The standard InChI is InChI=1S/C23H24F3N5O3/c1-13-19(14(2)34-29-13)21(33)31-12-22(10-18(31)20(28)32)5-7-30(8-6-22)16-4-3-15(11-27)17(9-16)23(24,25)26/h3-4,9,18H,5-8,10,12H2,1-2H3,(H2,28,32). The van der Waals surface area contributed by atoms with Gasteiger partial charge in [0.15, 0.2) is 0 Å². The molecule has 0 bridgehead atoms. The third-order valence-corrected chi connectivity index (χ3v) is 6.96. The summed E-state index contributed by atoms with van der Waals surface area (Å²) in [5, 5.41) is 12.8. The number of amides is 2. The maximum absolute atomic E-state index is 13.4. The number of primary amides is 1. The summed E-state index contributed by atoms with van der Waals surface area (Å²) in [5.74, 6) is -0.592. The van der Waals surface area contributed by atoms with Gasteiger partial charge in [-0.1, -0.05) is 5.16 Å². The Morgan fingerprint density at radius 3 is 2.47 bits per heavy atom. The fourth-order valence-corrected chi connectivity index (χ4v) is 5.12. The lowest BCUT2D eigenvalue weighted by molar-refractivity contribution is -0.137. The van der Waals surface area contributed by atoms with Crippen molar-refractivity contribution in [3.63, 3.8) is 0 Å². The molecule has 1 atom stereocenters. The van der Waals surface area contributed by atoms with Gasteiger partial charge in [-0.15, -0.1) is 0 Å². The second kappa shape index (κ2) is 8.34. The summed E-state index contributed by atoms with van der Waals surface area (Å²) in [6, 6.07) is 4.52. The van der Waals surface area contributed by atoms with Gasteiger partial charge in [-0.3, -0.25) is 9.59 Å². The number of likely N-dealkylation sites (tertiary alicyclic amines) is 1. The average Bonchev–Trinajstić information content (AvgIpc) is 3.33. The van der Waals surface area contributed by atoms with Crippen molar-refractivity contribution in [1.82, 2.24) is 10.1 Å². The molecule has 2 aliphatic rings. The molecule has 2 aliphatic heterocycles. The zero-order valence-corrected chi connectivity index (χ0v) is 18.8. The number of nitrogens with two attached hydrogens (primary N) is 1. The molecule has 0 aliphatic carbocycles. The summed E-state index contributed by atoms with van der Waals surface area (Å²) in [4.78, 5) is 28.8. The van der Waals surface area contributed by atoms with E-state index >= 15 is 0 Å². The van der Waals surface area contributed by atoms with Crippen LogP contribution in [0.4, 0.5) is 18.9 Å². The van der Waals surface area contributed by atoms with Crippen LogP contribution in [0.1, 0.15) is 52.2 Å². The van der Waals surface area contributed by atoms with Crippen molar-refractivity contribution >= 4 is 17.5 Å². The molecule has 0 radical (unpaired) electrons. The summed E-state index contributed by atoms with van der Waals surface area (Å²) in [6.07, 6.45) is -3.09. The Balaban J connectivity index is 1.54. The second-order valence-electron chi connectivity index (χ2n) is 9.08. The van der Waals surface area contributed by atoms with Crippen LogP contribution in [-0.4, -0.2) is 47.5 Å². The van der Waals surface area contributed by atoms with Crippen LogP contribution < -0.4 is 10.6 Å². The fraction of sp³-hybridized carbons (Fsp3) is 0.478. The SMILES string of the molecule is Cc1noc(C)c1C(=O)N1CC2(CCN(c3ccc(C#N)c(C(F)(F)F)c3)CC2)CC1C(N)=O. The van der Waals surface area contributed by atoms with Crippen molar-refractivity contribution in [2.75, 3.05) is 24.5 Å². The number of halogens is 3. The molecule has 4 rings (SSSR count). The molecule has 8 nitrogen and oxygen atoms in total. The molecule has 2 N–H and O–H groups in total. The first-order chi connectivity index (χ1) is 16.0. The number of rotatable bonds is 3. The van der Waals surface area contributed by atoms with Gasteiger partial charge in [-0.2, -0.15) is 18.4 Å². The number of nitriles is 1. The predicted octanol–water partition coefficient (Wildman–Crippen LogP) is 3.17. The minimum atomic E-state index is -4.63. The molecule has 1 aromatic carbocycles. The molecule has 11 heteroatoms. The van der Waals surface area contributed by atoms with Gasteiger partial charge >= 0.3 is 6.18 Å². The van der Waals surface area contributed by atoms with Crippen LogP contribution in [-0.2, 0) is 11.0 Å². The van der Waals surface area contributed by atoms with Crippen molar-refractivity contribution in [2.24, 2.45) is 11.1 Å². The zero-order chi connectivity index (χ0) is 24.8. The van der Waals surface area contributed by atoms with E-state index in [0.717, 1.165) is 6.07 Å². The molecule has 34 heavy (non-hydrogen) atoms. The summed E-state index contributed by atoms with van der Waals surface area (Å²) in [7, 11) is 0. The molecule has 2 aromatic rings. The van der Waals surface area contributed by atoms with Gasteiger partial charge in [0.25, 0.3) is 5.91 Å². The lowest BCUT2D eigenvalue weighted by atomic mass is 9.76. The van der Waals surface area contributed by atoms with Gasteiger partial charge in [-0.05, 0) is 56.7 Å². The second-order valence-corrected chi connectivity index (χ2v) is 9.08. The Morgan fingerprint density at radius 2 is 1.94 bits per heavy atom. The molecule has 2 saturated heterocycles. The van der Waals surface area contributed by atoms with Crippen LogP contribution in [0.2, 0.25) is 0 Å². The number of anilines is 1. The topological polar surface area (TPSA) is 116 Å². The number of piperidine rings is 1. The average molecular weight is 475 g/mol. The Labute approximate surface area is 194 Å². The maximum atomic E-state index is 13.4. The zero-order valence-electron chi connectivity index (χ0n) is 18.8. The third kappa shape index (κ3) is 4.08. The highest BCUT2D eigenvalue weighted by atomic mass is 19.4. The number of hydrogen-bond acceptors (Lipinski definition) is 6. The minimum absolute atomic E-state index is 0.318. The van der Waals surface area contributed by atoms with Gasteiger partial charge in [0.05, 0.1) is 22.9 Å². The minimum Gasteiger partial charge on any atom is -0.371 e. The van der Waals surface area contributed by atoms with Crippen LogP contribution >= 0.6 is 0 Å². The normalized spacial score (nSPS) is 19.9. The van der Waals surface area contributed by atoms with E-state index < -0.39 is 29.3 Å². The van der Waals surface area contributed by atoms with E-state index in [1.807, 2.05) is 4.90 Å². The van der Waals surface area contributed by atoms with E-state index in [1.54, 1.807) is 19.9 Å². The van der Waals surface area contributed by atoms with E-state index in [-0.39, 0.29) is 11.3 Å². The molecule has 180 valence electrons. The maximum Gasteiger partial charge on any atom is 0.417 e. The number of carbonyl (C=O) groups excluding carboxylic acids is 2. The third-order valence-electron chi connectivity index (χ3n) is 6.96. The Hall–Kier alpha value is -3.55. The highest BCUT2D eigenvalue weighted by molar-refractivity contribution is 5.99. The molecule has 0 saturated carbocycles. The number of aromatic nitrogens is 1. The Morgan fingerprint density at radius 1 is 1.26 bits per heavy atom. The number of nitrogens with zero attached hydrogens (tertiary/aromatic N) is 4. The van der Waals surface area contributed by atoms with Gasteiger partial charge in [-0.25, -0.2) is 0 Å². The molecule has 2 fully saturated rings. The van der Waals surface area contributed by atoms with Crippen LogP contribution in [0.15, 0.2) is 22.7 Å². The molecular formula is C23H24F3N5O3. The molecule has 1 spiro atoms. The molecule has 2 amide bonds. The van der Waals surface area contributed by atoms with E-state index in [4.69, 9.17) is 15.5 Å². The van der Waals surface area contributed by atoms with Crippen molar-refractivity contribution in [3.8, 4) is 6.07 Å². The number of aryl methyl sites for hydroxylation is 2. The van der Waals surface area contributed by atoms with Crippen LogP contribution in [0.3, 0.4) is 0 Å². The summed E-state index contributed by atoms with van der Waals surface area (Å²) >= 11 is 0. The van der Waals surface area contributed by atoms with E-state index in [0.29, 0.717) is 61.6 Å². The first-order valence-corrected chi connectivity index (χ1v) is 10.9. The summed E-state index contributed by atoms with van der Waals surface area (Å²) in [5.41, 5.74) is 5.02. The first kappa shape index (κ1) is 23.6. The molecule has 3 heterocycles. The van der Waals surface area contributed by atoms with E-state index in [2.05, 4.69) is 5.16 Å². The lowest BCUT2D eigenvalue weighted by Crippen LogP contribution is -2.44. The van der Waals surface area contributed by atoms with Crippen LogP contribution in [0.5, 0.6) is 0 Å². The smallest absolute Gasteiger partial charge is 0.371 e. The monoisotopic (exact) mass is 475 g/mol. The number of alkyl halides is 3. The van der Waals surface area contributed by atoms with Gasteiger partial charge in [0.2, 0.25) is 5.91 Å². The molecular weight excluding hydrogens is 451 g/mol.